The minimum absolute atomic E-state index is 0.0341. The molecule has 120 valence electrons. The van der Waals surface area contributed by atoms with Gasteiger partial charge in [0.15, 0.2) is 0 Å². The quantitative estimate of drug-likeness (QED) is 0.939. The van der Waals surface area contributed by atoms with Crippen LogP contribution in [-0.4, -0.2) is 34.0 Å². The van der Waals surface area contributed by atoms with Crippen molar-refractivity contribution in [3.05, 3.63) is 64.9 Å². The highest BCUT2D eigenvalue weighted by Gasteiger charge is 2.28. The number of nitrogens with zero attached hydrogens (tertiary/aromatic N) is 2. The first-order valence-corrected chi connectivity index (χ1v) is 8.16. The molecule has 1 amide bonds. The molecule has 1 unspecified atom stereocenters. The van der Waals surface area contributed by atoms with E-state index in [0.717, 1.165) is 18.4 Å². The van der Waals surface area contributed by atoms with Crippen LogP contribution in [0.25, 0.3) is 0 Å². The zero-order valence-corrected chi connectivity index (χ0v) is 13.5. The molecule has 1 fully saturated rings. The van der Waals surface area contributed by atoms with Gasteiger partial charge in [-0.05, 0) is 48.6 Å². The summed E-state index contributed by atoms with van der Waals surface area (Å²) in [5.41, 5.74) is 1.55. The maximum Gasteiger partial charge on any atom is 0.253 e. The Kier molecular flexibility index (Phi) is 4.94. The summed E-state index contributed by atoms with van der Waals surface area (Å²) in [5, 5.41) is 11.2. The minimum atomic E-state index is -0.509. The van der Waals surface area contributed by atoms with Gasteiger partial charge in [-0.3, -0.25) is 9.78 Å². The number of carbonyl (C=O) groups is 1. The van der Waals surface area contributed by atoms with Crippen molar-refractivity contribution >= 4 is 17.5 Å². The first-order chi connectivity index (χ1) is 11.1. The predicted molar refractivity (Wildman–Crippen MR) is 89.3 cm³/mol. The Hall–Kier alpha value is -1.91. The summed E-state index contributed by atoms with van der Waals surface area (Å²) in [4.78, 5) is 18.2. The average molecular weight is 331 g/mol. The number of carbonyl (C=O) groups excluding carboxylic acids is 1. The molecule has 4 nitrogen and oxygen atoms in total. The fourth-order valence-electron chi connectivity index (χ4n) is 3.03. The van der Waals surface area contributed by atoms with Crippen molar-refractivity contribution in [1.82, 2.24) is 9.88 Å². The van der Waals surface area contributed by atoms with E-state index in [1.165, 1.54) is 0 Å². The molecule has 0 aliphatic carbocycles. The third-order valence-corrected chi connectivity index (χ3v) is 4.66. The van der Waals surface area contributed by atoms with E-state index in [4.69, 9.17) is 11.6 Å². The Balaban J connectivity index is 1.60. The summed E-state index contributed by atoms with van der Waals surface area (Å²) in [5.74, 6) is 0.199. The van der Waals surface area contributed by atoms with Crippen LogP contribution in [-0.2, 0) is 0 Å². The summed E-state index contributed by atoms with van der Waals surface area (Å²) in [6, 6.07) is 10.8. The molecule has 0 radical (unpaired) electrons. The summed E-state index contributed by atoms with van der Waals surface area (Å²) in [7, 11) is 0. The number of benzene rings is 1. The van der Waals surface area contributed by atoms with Crippen molar-refractivity contribution in [2.45, 2.75) is 18.9 Å². The lowest BCUT2D eigenvalue weighted by Gasteiger charge is -2.34. The normalized spacial score (nSPS) is 17.0. The molecule has 1 aliphatic rings. The van der Waals surface area contributed by atoms with Gasteiger partial charge in [0, 0.05) is 36.1 Å². The SMILES string of the molecule is O=C(c1ccncc1)N1CCC(C(O)c2ccc(Cl)cc2)CC1. The fourth-order valence-corrected chi connectivity index (χ4v) is 3.15. The first-order valence-electron chi connectivity index (χ1n) is 7.78. The highest BCUT2D eigenvalue weighted by molar-refractivity contribution is 6.30. The van der Waals surface area contributed by atoms with Crippen molar-refractivity contribution in [2.24, 2.45) is 5.92 Å². The van der Waals surface area contributed by atoms with Gasteiger partial charge in [-0.25, -0.2) is 0 Å². The van der Waals surface area contributed by atoms with Crippen LogP contribution < -0.4 is 0 Å². The molecule has 1 aliphatic heterocycles. The Labute approximate surface area is 140 Å². The summed E-state index contributed by atoms with van der Waals surface area (Å²) < 4.78 is 0. The summed E-state index contributed by atoms with van der Waals surface area (Å²) in [6.45, 7) is 1.33. The number of piperidine rings is 1. The molecule has 1 aromatic heterocycles. The fraction of sp³-hybridized carbons (Fsp3) is 0.333. The summed E-state index contributed by atoms with van der Waals surface area (Å²) in [6.07, 6.45) is 4.33. The number of aromatic nitrogens is 1. The third kappa shape index (κ3) is 3.71. The van der Waals surface area contributed by atoms with E-state index in [1.807, 2.05) is 17.0 Å². The molecule has 5 heteroatoms. The van der Waals surface area contributed by atoms with Gasteiger partial charge in [-0.2, -0.15) is 0 Å². The molecule has 23 heavy (non-hydrogen) atoms. The number of aliphatic hydroxyl groups excluding tert-OH is 1. The minimum Gasteiger partial charge on any atom is -0.388 e. The van der Waals surface area contributed by atoms with Gasteiger partial charge in [0.2, 0.25) is 0 Å². The van der Waals surface area contributed by atoms with Crippen molar-refractivity contribution in [2.75, 3.05) is 13.1 Å². The maximum atomic E-state index is 12.4. The molecular weight excluding hydrogens is 312 g/mol. The second kappa shape index (κ2) is 7.11. The largest absolute Gasteiger partial charge is 0.388 e. The lowest BCUT2D eigenvalue weighted by atomic mass is 9.87. The second-order valence-electron chi connectivity index (χ2n) is 5.86. The number of aliphatic hydroxyl groups is 1. The van der Waals surface area contributed by atoms with Crippen molar-refractivity contribution in [1.29, 1.82) is 0 Å². The molecule has 3 rings (SSSR count). The van der Waals surface area contributed by atoms with Crippen LogP contribution >= 0.6 is 11.6 Å². The van der Waals surface area contributed by atoms with E-state index in [2.05, 4.69) is 4.98 Å². The van der Waals surface area contributed by atoms with Gasteiger partial charge in [-0.15, -0.1) is 0 Å². The van der Waals surface area contributed by atoms with Crippen LogP contribution in [0.4, 0.5) is 0 Å². The molecule has 2 heterocycles. The van der Waals surface area contributed by atoms with E-state index in [9.17, 15) is 9.90 Å². The highest BCUT2D eigenvalue weighted by atomic mass is 35.5. The van der Waals surface area contributed by atoms with Crippen LogP contribution in [0, 0.1) is 5.92 Å². The zero-order chi connectivity index (χ0) is 16.2. The Morgan fingerprint density at radius 1 is 1.13 bits per heavy atom. The second-order valence-corrected chi connectivity index (χ2v) is 6.30. The van der Waals surface area contributed by atoms with E-state index in [-0.39, 0.29) is 11.8 Å². The smallest absolute Gasteiger partial charge is 0.253 e. The predicted octanol–water partition coefficient (Wildman–Crippen LogP) is 3.32. The Morgan fingerprint density at radius 3 is 2.35 bits per heavy atom. The maximum absolute atomic E-state index is 12.4. The molecule has 0 saturated carbocycles. The monoisotopic (exact) mass is 330 g/mol. The number of halogens is 1. The topological polar surface area (TPSA) is 53.4 Å². The number of likely N-dealkylation sites (tertiary alicyclic amines) is 1. The Morgan fingerprint density at radius 2 is 1.74 bits per heavy atom. The average Bonchev–Trinajstić information content (AvgIpc) is 2.62. The molecule has 0 spiro atoms. The van der Waals surface area contributed by atoms with Crippen molar-refractivity contribution in [3.8, 4) is 0 Å². The first kappa shape index (κ1) is 16.0. The lowest BCUT2D eigenvalue weighted by molar-refractivity contribution is 0.0462. The van der Waals surface area contributed by atoms with Crippen molar-refractivity contribution < 1.29 is 9.90 Å². The van der Waals surface area contributed by atoms with Gasteiger partial charge in [-0.1, -0.05) is 23.7 Å². The lowest BCUT2D eigenvalue weighted by Crippen LogP contribution is -2.39. The van der Waals surface area contributed by atoms with E-state index < -0.39 is 6.10 Å². The zero-order valence-electron chi connectivity index (χ0n) is 12.7. The highest BCUT2D eigenvalue weighted by Crippen LogP contribution is 2.31. The Bertz CT molecular complexity index is 652. The molecule has 0 bridgehead atoms. The number of pyridine rings is 1. The van der Waals surface area contributed by atoms with Gasteiger partial charge >= 0.3 is 0 Å². The molecule has 1 N–H and O–H groups in total. The van der Waals surface area contributed by atoms with Gasteiger partial charge in [0.1, 0.15) is 0 Å². The summed E-state index contributed by atoms with van der Waals surface area (Å²) >= 11 is 5.88. The van der Waals surface area contributed by atoms with Gasteiger partial charge < -0.3 is 10.0 Å². The molecular formula is C18H19ClN2O2. The van der Waals surface area contributed by atoms with E-state index in [1.54, 1.807) is 36.7 Å². The van der Waals surface area contributed by atoms with Crippen LogP contribution in [0.2, 0.25) is 5.02 Å². The molecule has 1 aromatic carbocycles. The number of hydrogen-bond acceptors (Lipinski definition) is 3. The van der Waals surface area contributed by atoms with Gasteiger partial charge in [0.25, 0.3) is 5.91 Å². The molecule has 2 aromatic rings. The van der Waals surface area contributed by atoms with Crippen LogP contribution in [0.15, 0.2) is 48.8 Å². The van der Waals surface area contributed by atoms with E-state index >= 15 is 0 Å². The molecule has 1 saturated heterocycles. The van der Waals surface area contributed by atoms with Crippen LogP contribution in [0.5, 0.6) is 0 Å². The van der Waals surface area contributed by atoms with Crippen LogP contribution in [0.1, 0.15) is 34.9 Å². The van der Waals surface area contributed by atoms with E-state index in [0.29, 0.717) is 23.7 Å². The number of hydrogen-bond donors (Lipinski definition) is 1. The number of amides is 1. The number of rotatable bonds is 3. The van der Waals surface area contributed by atoms with Crippen molar-refractivity contribution in [3.63, 3.8) is 0 Å². The standard InChI is InChI=1S/C18H19ClN2O2/c19-16-3-1-13(2-4-16)17(22)14-7-11-21(12-8-14)18(23)15-5-9-20-10-6-15/h1-6,9-10,14,17,22H,7-8,11-12H2. The molecule has 1 atom stereocenters. The third-order valence-electron chi connectivity index (χ3n) is 4.41. The van der Waals surface area contributed by atoms with Gasteiger partial charge in [0.05, 0.1) is 6.10 Å². The van der Waals surface area contributed by atoms with Crippen LogP contribution in [0.3, 0.4) is 0 Å².